The Morgan fingerprint density at radius 1 is 1.10 bits per heavy atom. The lowest BCUT2D eigenvalue weighted by Gasteiger charge is -2.12. The van der Waals surface area contributed by atoms with Gasteiger partial charge in [0.1, 0.15) is 0 Å². The fraction of sp³-hybridized carbons (Fsp3) is 0.188. The highest BCUT2D eigenvalue weighted by Crippen LogP contribution is 2.24. The molecule has 3 N–H and O–H groups in total. The Morgan fingerprint density at radius 3 is 2.45 bits per heavy atom. The van der Waals surface area contributed by atoms with Gasteiger partial charge in [-0.3, -0.25) is 4.79 Å². The number of nitrogens with one attached hydrogen (secondary N) is 1. The number of benzene rings is 2. The summed E-state index contributed by atoms with van der Waals surface area (Å²) in [4.78, 5) is 12.4. The summed E-state index contributed by atoms with van der Waals surface area (Å²) in [7, 11) is 0. The van der Waals surface area contributed by atoms with Crippen molar-refractivity contribution in [3.05, 3.63) is 56.2 Å². The zero-order valence-corrected chi connectivity index (χ0v) is 13.9. The summed E-state index contributed by atoms with van der Waals surface area (Å²) < 4.78 is 0.963. The number of aryl methyl sites for hydroxylation is 3. The maximum absolute atomic E-state index is 12.4. The molecule has 1 amide bonds. The molecule has 2 aromatic rings. The number of hydrogen-bond donors (Lipinski definition) is 2. The van der Waals surface area contributed by atoms with E-state index < -0.39 is 0 Å². The highest BCUT2D eigenvalue weighted by Gasteiger charge is 2.13. The van der Waals surface area contributed by atoms with E-state index in [4.69, 9.17) is 5.73 Å². The average molecular weight is 380 g/mol. The van der Waals surface area contributed by atoms with Crippen LogP contribution in [0, 0.1) is 24.3 Å². The van der Waals surface area contributed by atoms with Crippen LogP contribution >= 0.6 is 22.6 Å². The third kappa shape index (κ3) is 2.95. The van der Waals surface area contributed by atoms with E-state index in [0.29, 0.717) is 16.9 Å². The highest BCUT2D eigenvalue weighted by molar-refractivity contribution is 14.1. The van der Waals surface area contributed by atoms with Crippen molar-refractivity contribution >= 4 is 39.9 Å². The van der Waals surface area contributed by atoms with Gasteiger partial charge in [0.05, 0.1) is 16.9 Å². The molecule has 3 nitrogen and oxygen atoms in total. The highest BCUT2D eigenvalue weighted by atomic mass is 127. The smallest absolute Gasteiger partial charge is 0.256 e. The molecule has 0 heterocycles. The van der Waals surface area contributed by atoms with Gasteiger partial charge < -0.3 is 11.1 Å². The number of nitrogens with two attached hydrogens (primary N) is 1. The van der Waals surface area contributed by atoms with Crippen molar-refractivity contribution in [3.8, 4) is 0 Å². The van der Waals surface area contributed by atoms with Crippen LogP contribution in [0.2, 0.25) is 0 Å². The number of halogens is 1. The summed E-state index contributed by atoms with van der Waals surface area (Å²) in [5, 5.41) is 2.89. The summed E-state index contributed by atoms with van der Waals surface area (Å²) in [5.74, 6) is -0.131. The second-order valence-corrected chi connectivity index (χ2v) is 5.99. The van der Waals surface area contributed by atoms with Crippen LogP contribution < -0.4 is 11.1 Å². The molecule has 0 atom stereocenters. The van der Waals surface area contributed by atoms with Crippen molar-refractivity contribution in [2.24, 2.45) is 0 Å². The summed E-state index contributed by atoms with van der Waals surface area (Å²) >= 11 is 2.19. The molecule has 104 valence electrons. The molecule has 0 aromatic heterocycles. The summed E-state index contributed by atoms with van der Waals surface area (Å²) in [6, 6.07) is 9.48. The lowest BCUT2D eigenvalue weighted by molar-refractivity contribution is 0.102. The van der Waals surface area contributed by atoms with Gasteiger partial charge in [-0.2, -0.15) is 0 Å². The molecule has 0 radical (unpaired) electrons. The van der Waals surface area contributed by atoms with Gasteiger partial charge in [-0.05, 0) is 78.3 Å². The minimum atomic E-state index is -0.131. The normalized spacial score (nSPS) is 10.4. The van der Waals surface area contributed by atoms with Gasteiger partial charge in [0, 0.05) is 3.57 Å². The Bertz CT molecular complexity index is 680. The molecule has 4 heteroatoms. The van der Waals surface area contributed by atoms with Crippen molar-refractivity contribution in [2.45, 2.75) is 20.8 Å². The number of hydrogen-bond acceptors (Lipinski definition) is 2. The number of nitrogen functional groups attached to an aromatic ring is 1. The van der Waals surface area contributed by atoms with E-state index in [1.165, 1.54) is 0 Å². The van der Waals surface area contributed by atoms with Gasteiger partial charge in [0.25, 0.3) is 5.91 Å². The average Bonchev–Trinajstić information content (AvgIpc) is 2.39. The zero-order valence-electron chi connectivity index (χ0n) is 11.8. The van der Waals surface area contributed by atoms with Crippen molar-refractivity contribution in [2.75, 3.05) is 11.1 Å². The van der Waals surface area contributed by atoms with E-state index in [1.54, 1.807) is 0 Å². The van der Waals surface area contributed by atoms with E-state index in [-0.39, 0.29) is 5.91 Å². The first-order valence-electron chi connectivity index (χ1n) is 6.33. The first-order valence-corrected chi connectivity index (χ1v) is 7.41. The van der Waals surface area contributed by atoms with Crippen LogP contribution in [0.15, 0.2) is 30.3 Å². The Kier molecular flexibility index (Phi) is 4.32. The molecule has 0 unspecified atom stereocenters. The van der Waals surface area contributed by atoms with Crippen LogP contribution in [0.5, 0.6) is 0 Å². The maximum atomic E-state index is 12.4. The van der Waals surface area contributed by atoms with Crippen LogP contribution in [-0.4, -0.2) is 5.91 Å². The molecule has 0 aliphatic rings. The molecule has 0 saturated heterocycles. The van der Waals surface area contributed by atoms with E-state index in [1.807, 2.05) is 51.1 Å². The SMILES string of the molecule is Cc1cc(N)c(NC(=O)c2cccc(C)c2I)cc1C. The predicted octanol–water partition coefficient (Wildman–Crippen LogP) is 4.05. The van der Waals surface area contributed by atoms with Crippen molar-refractivity contribution in [3.63, 3.8) is 0 Å². The molecule has 0 spiro atoms. The lowest BCUT2D eigenvalue weighted by atomic mass is 10.1. The first-order chi connectivity index (χ1) is 9.40. The molecule has 2 rings (SSSR count). The van der Waals surface area contributed by atoms with Gasteiger partial charge in [-0.25, -0.2) is 0 Å². The number of anilines is 2. The fourth-order valence-electron chi connectivity index (χ4n) is 1.96. The standard InChI is InChI=1S/C16H17IN2O/c1-9-5-4-6-12(15(9)17)16(20)19-14-8-11(3)10(2)7-13(14)18/h4-8H,18H2,1-3H3,(H,19,20). The largest absolute Gasteiger partial charge is 0.397 e. The first kappa shape index (κ1) is 14.8. The Labute approximate surface area is 132 Å². The number of carbonyl (C=O) groups is 1. The lowest BCUT2D eigenvalue weighted by Crippen LogP contribution is -2.15. The summed E-state index contributed by atoms with van der Waals surface area (Å²) in [6.45, 7) is 5.99. The minimum Gasteiger partial charge on any atom is -0.397 e. The molecule has 0 saturated carbocycles. The molecule has 0 aliphatic heterocycles. The number of amides is 1. The molecule has 20 heavy (non-hydrogen) atoms. The minimum absolute atomic E-state index is 0.131. The van der Waals surface area contributed by atoms with Crippen LogP contribution in [0.3, 0.4) is 0 Å². The topological polar surface area (TPSA) is 55.1 Å². The molecule has 0 bridgehead atoms. The Balaban J connectivity index is 2.33. The Hall–Kier alpha value is -1.56. The second kappa shape index (κ2) is 5.83. The molecule has 2 aromatic carbocycles. The van der Waals surface area contributed by atoms with Gasteiger partial charge in [-0.1, -0.05) is 12.1 Å². The third-order valence-corrected chi connectivity index (χ3v) is 4.78. The van der Waals surface area contributed by atoms with E-state index >= 15 is 0 Å². The molecule has 0 fully saturated rings. The molecular formula is C16H17IN2O. The van der Waals surface area contributed by atoms with Crippen LogP contribution in [0.25, 0.3) is 0 Å². The van der Waals surface area contributed by atoms with Crippen LogP contribution in [-0.2, 0) is 0 Å². The summed E-state index contributed by atoms with van der Waals surface area (Å²) in [5.41, 5.74) is 11.2. The second-order valence-electron chi connectivity index (χ2n) is 4.91. The fourth-order valence-corrected chi connectivity index (χ4v) is 2.56. The van der Waals surface area contributed by atoms with E-state index in [9.17, 15) is 4.79 Å². The Morgan fingerprint density at radius 2 is 1.75 bits per heavy atom. The van der Waals surface area contributed by atoms with Gasteiger partial charge in [0.2, 0.25) is 0 Å². The maximum Gasteiger partial charge on any atom is 0.256 e. The quantitative estimate of drug-likeness (QED) is 0.610. The van der Waals surface area contributed by atoms with Crippen molar-refractivity contribution < 1.29 is 4.79 Å². The van der Waals surface area contributed by atoms with Crippen molar-refractivity contribution in [1.82, 2.24) is 0 Å². The third-order valence-electron chi connectivity index (χ3n) is 3.35. The van der Waals surface area contributed by atoms with Gasteiger partial charge in [0.15, 0.2) is 0 Å². The monoisotopic (exact) mass is 380 g/mol. The van der Waals surface area contributed by atoms with E-state index in [2.05, 4.69) is 27.9 Å². The van der Waals surface area contributed by atoms with E-state index in [0.717, 1.165) is 20.3 Å². The van der Waals surface area contributed by atoms with Gasteiger partial charge >= 0.3 is 0 Å². The number of rotatable bonds is 2. The van der Waals surface area contributed by atoms with Crippen LogP contribution in [0.4, 0.5) is 11.4 Å². The molecular weight excluding hydrogens is 363 g/mol. The van der Waals surface area contributed by atoms with Gasteiger partial charge in [-0.15, -0.1) is 0 Å². The van der Waals surface area contributed by atoms with Crippen molar-refractivity contribution in [1.29, 1.82) is 0 Å². The molecule has 0 aliphatic carbocycles. The predicted molar refractivity (Wildman–Crippen MR) is 92.2 cm³/mol. The van der Waals surface area contributed by atoms with Crippen LogP contribution in [0.1, 0.15) is 27.0 Å². The summed E-state index contributed by atoms with van der Waals surface area (Å²) in [6.07, 6.45) is 0. The number of carbonyl (C=O) groups excluding carboxylic acids is 1. The zero-order chi connectivity index (χ0) is 14.9.